The molecule has 5 heteroatoms. The van der Waals surface area contributed by atoms with Crippen molar-refractivity contribution in [3.8, 4) is 0 Å². The Bertz CT molecular complexity index is 681. The maximum atomic E-state index is 4.54. The van der Waals surface area contributed by atoms with Crippen LogP contribution in [0.25, 0.3) is 10.9 Å². The molecule has 1 N–H and O–H groups in total. The van der Waals surface area contributed by atoms with Crippen LogP contribution in [0.1, 0.15) is 29.8 Å². The number of hydrogen-bond acceptors (Lipinski definition) is 5. The Morgan fingerprint density at radius 1 is 1.25 bits per heavy atom. The lowest BCUT2D eigenvalue weighted by Gasteiger charge is -2.16. The van der Waals surface area contributed by atoms with Gasteiger partial charge in [-0.1, -0.05) is 29.6 Å². The number of para-hydroxylation sites is 1. The summed E-state index contributed by atoms with van der Waals surface area (Å²) in [5.74, 6) is 0. The second-order valence-corrected chi connectivity index (χ2v) is 5.49. The average molecular weight is 284 g/mol. The predicted octanol–water partition coefficient (Wildman–Crippen LogP) is 3.18. The Morgan fingerprint density at radius 3 is 2.95 bits per heavy atom. The van der Waals surface area contributed by atoms with E-state index in [1.54, 1.807) is 0 Å². The van der Waals surface area contributed by atoms with Gasteiger partial charge in [0.05, 0.1) is 22.6 Å². The summed E-state index contributed by atoms with van der Waals surface area (Å²) in [4.78, 5) is 5.66. The molecule has 0 fully saturated rings. The minimum atomic E-state index is 0.118. The van der Waals surface area contributed by atoms with E-state index in [1.165, 1.54) is 11.5 Å². The third-order valence-corrected chi connectivity index (χ3v) is 3.93. The van der Waals surface area contributed by atoms with E-state index in [2.05, 4.69) is 38.9 Å². The van der Waals surface area contributed by atoms with Crippen LogP contribution in [0.2, 0.25) is 0 Å². The Labute approximate surface area is 122 Å². The Balaban J connectivity index is 1.99. The summed E-state index contributed by atoms with van der Waals surface area (Å²) in [7, 11) is 0. The van der Waals surface area contributed by atoms with Crippen molar-refractivity contribution in [2.24, 2.45) is 0 Å². The third-order valence-electron chi connectivity index (χ3n) is 3.21. The summed E-state index contributed by atoms with van der Waals surface area (Å²) in [6.45, 7) is 3.11. The number of aromatic nitrogens is 3. The highest BCUT2D eigenvalue weighted by atomic mass is 32.1. The quantitative estimate of drug-likeness (QED) is 0.782. The Morgan fingerprint density at radius 2 is 2.15 bits per heavy atom. The summed E-state index contributed by atoms with van der Waals surface area (Å²) in [5.41, 5.74) is 2.18. The Hall–Kier alpha value is -1.85. The highest BCUT2D eigenvalue weighted by Gasteiger charge is 2.16. The van der Waals surface area contributed by atoms with Gasteiger partial charge in [0.25, 0.3) is 0 Å². The molecule has 4 nitrogen and oxygen atoms in total. The van der Waals surface area contributed by atoms with Crippen LogP contribution in [0, 0.1) is 0 Å². The molecule has 0 spiro atoms. The molecule has 2 heterocycles. The second kappa shape index (κ2) is 6.07. The summed E-state index contributed by atoms with van der Waals surface area (Å²) >= 11 is 1.43. The van der Waals surface area contributed by atoms with Crippen molar-refractivity contribution >= 4 is 22.4 Å². The topological polar surface area (TPSA) is 50.7 Å². The van der Waals surface area contributed by atoms with Gasteiger partial charge in [-0.05, 0) is 42.2 Å². The van der Waals surface area contributed by atoms with Crippen molar-refractivity contribution in [2.75, 3.05) is 6.54 Å². The van der Waals surface area contributed by atoms with Gasteiger partial charge in [-0.25, -0.2) is 0 Å². The van der Waals surface area contributed by atoms with E-state index in [0.717, 1.165) is 34.3 Å². The standard InChI is InChI=1S/C15H16N4S/c1-2-7-16-15(14-10-18-19-20-14)12-8-11-5-3-4-6-13(11)17-9-12/h3-6,8-10,15-16H,2,7H2,1H3. The maximum absolute atomic E-state index is 4.54. The number of benzene rings is 1. The molecule has 3 rings (SSSR count). The summed E-state index contributed by atoms with van der Waals surface area (Å²) in [6.07, 6.45) is 4.85. The number of rotatable bonds is 5. The van der Waals surface area contributed by atoms with E-state index < -0.39 is 0 Å². The van der Waals surface area contributed by atoms with Gasteiger partial charge in [0, 0.05) is 11.6 Å². The van der Waals surface area contributed by atoms with Crippen LogP contribution < -0.4 is 5.32 Å². The van der Waals surface area contributed by atoms with Crippen LogP contribution in [-0.4, -0.2) is 21.1 Å². The normalized spacial score (nSPS) is 12.7. The van der Waals surface area contributed by atoms with Gasteiger partial charge in [0.2, 0.25) is 0 Å². The molecule has 0 aliphatic rings. The summed E-state index contributed by atoms with van der Waals surface area (Å²) in [5, 5.41) is 8.65. The minimum absolute atomic E-state index is 0.118. The molecule has 1 unspecified atom stereocenters. The van der Waals surface area contributed by atoms with Gasteiger partial charge in [0.1, 0.15) is 0 Å². The van der Waals surface area contributed by atoms with Gasteiger partial charge < -0.3 is 5.32 Å². The zero-order valence-corrected chi connectivity index (χ0v) is 12.1. The van der Waals surface area contributed by atoms with E-state index in [0.29, 0.717) is 0 Å². The molecule has 0 saturated heterocycles. The first-order chi connectivity index (χ1) is 9.88. The zero-order valence-electron chi connectivity index (χ0n) is 11.3. The maximum Gasteiger partial charge on any atom is 0.0718 e. The molecule has 0 saturated carbocycles. The summed E-state index contributed by atoms with van der Waals surface area (Å²) in [6, 6.07) is 10.5. The number of nitrogens with zero attached hydrogens (tertiary/aromatic N) is 3. The fourth-order valence-electron chi connectivity index (χ4n) is 2.22. The number of fused-ring (bicyclic) bond motifs is 1. The molecule has 102 valence electrons. The van der Waals surface area contributed by atoms with Crippen LogP contribution in [0.5, 0.6) is 0 Å². The third kappa shape index (κ3) is 2.69. The molecule has 1 aromatic carbocycles. The number of pyridine rings is 1. The summed E-state index contributed by atoms with van der Waals surface area (Å²) < 4.78 is 3.97. The largest absolute Gasteiger partial charge is 0.305 e. The van der Waals surface area contributed by atoms with Crippen molar-refractivity contribution in [3.05, 3.63) is 53.2 Å². The van der Waals surface area contributed by atoms with Crippen LogP contribution in [0.15, 0.2) is 42.7 Å². The molecule has 2 aromatic heterocycles. The van der Waals surface area contributed by atoms with Crippen LogP contribution in [-0.2, 0) is 0 Å². The van der Waals surface area contributed by atoms with E-state index in [9.17, 15) is 0 Å². The molecule has 0 aliphatic carbocycles. The van der Waals surface area contributed by atoms with Gasteiger partial charge >= 0.3 is 0 Å². The molecule has 0 aliphatic heterocycles. The fourth-order valence-corrected chi connectivity index (χ4v) is 2.83. The average Bonchev–Trinajstić information content (AvgIpc) is 3.02. The molecule has 1 atom stereocenters. The lowest BCUT2D eigenvalue weighted by atomic mass is 10.1. The van der Waals surface area contributed by atoms with Crippen LogP contribution >= 0.6 is 11.5 Å². The SMILES string of the molecule is CCCNC(c1cnc2ccccc2c1)c1cnns1. The molecule has 0 bridgehead atoms. The predicted molar refractivity (Wildman–Crippen MR) is 81.8 cm³/mol. The molecular weight excluding hydrogens is 268 g/mol. The molecule has 20 heavy (non-hydrogen) atoms. The van der Waals surface area contributed by atoms with Crippen molar-refractivity contribution in [1.29, 1.82) is 0 Å². The van der Waals surface area contributed by atoms with Gasteiger partial charge in [-0.2, -0.15) is 0 Å². The van der Waals surface area contributed by atoms with Crippen molar-refractivity contribution in [3.63, 3.8) is 0 Å². The van der Waals surface area contributed by atoms with E-state index in [4.69, 9.17) is 0 Å². The van der Waals surface area contributed by atoms with Gasteiger partial charge in [-0.3, -0.25) is 4.98 Å². The first kappa shape index (κ1) is 13.1. The Kier molecular flexibility index (Phi) is 3.99. The minimum Gasteiger partial charge on any atom is -0.305 e. The fraction of sp³-hybridized carbons (Fsp3) is 0.267. The van der Waals surface area contributed by atoms with Crippen molar-refractivity contribution in [2.45, 2.75) is 19.4 Å². The highest BCUT2D eigenvalue weighted by molar-refractivity contribution is 7.05. The molecule has 3 aromatic rings. The van der Waals surface area contributed by atoms with E-state index in [1.807, 2.05) is 30.6 Å². The highest BCUT2D eigenvalue weighted by Crippen LogP contribution is 2.25. The lowest BCUT2D eigenvalue weighted by Crippen LogP contribution is -2.22. The van der Waals surface area contributed by atoms with Crippen molar-refractivity contribution < 1.29 is 0 Å². The smallest absolute Gasteiger partial charge is 0.0718 e. The first-order valence-electron chi connectivity index (χ1n) is 6.74. The molecule has 0 radical (unpaired) electrons. The number of nitrogens with one attached hydrogen (secondary N) is 1. The number of hydrogen-bond donors (Lipinski definition) is 1. The van der Waals surface area contributed by atoms with Crippen LogP contribution in [0.4, 0.5) is 0 Å². The van der Waals surface area contributed by atoms with Crippen molar-refractivity contribution in [1.82, 2.24) is 19.9 Å². The second-order valence-electron chi connectivity index (χ2n) is 4.67. The van der Waals surface area contributed by atoms with Gasteiger partial charge in [0.15, 0.2) is 0 Å². The first-order valence-corrected chi connectivity index (χ1v) is 7.51. The van der Waals surface area contributed by atoms with E-state index >= 15 is 0 Å². The van der Waals surface area contributed by atoms with Gasteiger partial charge in [-0.15, -0.1) is 5.10 Å². The van der Waals surface area contributed by atoms with Crippen LogP contribution in [0.3, 0.4) is 0 Å². The zero-order chi connectivity index (χ0) is 13.8. The lowest BCUT2D eigenvalue weighted by molar-refractivity contribution is 0.604. The van der Waals surface area contributed by atoms with E-state index in [-0.39, 0.29) is 6.04 Å². The monoisotopic (exact) mass is 284 g/mol. The molecular formula is C15H16N4S. The molecule has 0 amide bonds.